The third-order valence-electron chi connectivity index (χ3n) is 5.89. The molecule has 19 heavy (non-hydrogen) atoms. The highest BCUT2D eigenvalue weighted by molar-refractivity contribution is 5.79. The van der Waals surface area contributed by atoms with Crippen molar-refractivity contribution in [1.29, 1.82) is 0 Å². The van der Waals surface area contributed by atoms with E-state index in [4.69, 9.17) is 0 Å². The Morgan fingerprint density at radius 3 is 2.63 bits per heavy atom. The number of hydrogen-bond donors (Lipinski definition) is 1. The minimum atomic E-state index is -0.193. The summed E-state index contributed by atoms with van der Waals surface area (Å²) in [7, 11) is 0. The number of nitrogens with zero attached hydrogens (tertiary/aromatic N) is 1. The van der Waals surface area contributed by atoms with Crippen LogP contribution >= 0.6 is 0 Å². The summed E-state index contributed by atoms with van der Waals surface area (Å²) < 4.78 is 0. The first kappa shape index (κ1) is 13.4. The molecule has 3 rings (SSSR count). The molecule has 1 N–H and O–H groups in total. The van der Waals surface area contributed by atoms with Crippen LogP contribution in [0.4, 0.5) is 0 Å². The Balaban J connectivity index is 1.84. The maximum Gasteiger partial charge on any atom is 0.225 e. The van der Waals surface area contributed by atoms with Gasteiger partial charge in [-0.05, 0) is 50.4 Å². The Morgan fingerprint density at radius 1 is 1.16 bits per heavy atom. The quantitative estimate of drug-likeness (QED) is 0.792. The van der Waals surface area contributed by atoms with Crippen molar-refractivity contribution in [1.82, 2.24) is 4.90 Å². The molecule has 0 radical (unpaired) electrons. The summed E-state index contributed by atoms with van der Waals surface area (Å²) in [4.78, 5) is 14.7. The van der Waals surface area contributed by atoms with Crippen molar-refractivity contribution >= 4 is 5.91 Å². The van der Waals surface area contributed by atoms with Gasteiger partial charge in [0.25, 0.3) is 0 Å². The van der Waals surface area contributed by atoms with Gasteiger partial charge in [-0.3, -0.25) is 4.79 Å². The zero-order valence-electron chi connectivity index (χ0n) is 12.1. The minimum absolute atomic E-state index is 0.186. The van der Waals surface area contributed by atoms with Crippen molar-refractivity contribution in [3.05, 3.63) is 0 Å². The van der Waals surface area contributed by atoms with E-state index in [0.717, 1.165) is 38.6 Å². The van der Waals surface area contributed by atoms with Gasteiger partial charge in [-0.15, -0.1) is 0 Å². The molecule has 1 heterocycles. The van der Waals surface area contributed by atoms with Crippen LogP contribution in [-0.2, 0) is 4.79 Å². The maximum atomic E-state index is 12.5. The smallest absolute Gasteiger partial charge is 0.225 e. The van der Waals surface area contributed by atoms with E-state index >= 15 is 0 Å². The molecule has 0 aromatic heterocycles. The largest absolute Gasteiger partial charge is 0.393 e. The van der Waals surface area contributed by atoms with E-state index < -0.39 is 0 Å². The highest BCUT2D eigenvalue weighted by Gasteiger charge is 2.49. The van der Waals surface area contributed by atoms with Crippen LogP contribution in [0, 0.1) is 11.3 Å². The molecule has 3 heteroatoms. The lowest BCUT2D eigenvalue weighted by Crippen LogP contribution is -2.56. The van der Waals surface area contributed by atoms with E-state index in [1.54, 1.807) is 0 Å². The van der Waals surface area contributed by atoms with Gasteiger partial charge in [-0.25, -0.2) is 0 Å². The molecular weight excluding hydrogens is 238 g/mol. The van der Waals surface area contributed by atoms with Gasteiger partial charge in [0, 0.05) is 18.5 Å². The number of carbonyl (C=O) groups is 1. The van der Waals surface area contributed by atoms with Crippen LogP contribution in [0.3, 0.4) is 0 Å². The van der Waals surface area contributed by atoms with Gasteiger partial charge in [0.1, 0.15) is 0 Å². The fraction of sp³-hybridized carbons (Fsp3) is 0.938. The Kier molecular flexibility index (Phi) is 3.59. The van der Waals surface area contributed by atoms with Gasteiger partial charge in [-0.2, -0.15) is 0 Å². The Labute approximate surface area is 116 Å². The molecule has 1 saturated heterocycles. The molecule has 3 atom stereocenters. The first-order chi connectivity index (χ1) is 9.12. The normalized spacial score (nSPS) is 38.9. The predicted molar refractivity (Wildman–Crippen MR) is 74.7 cm³/mol. The van der Waals surface area contributed by atoms with E-state index in [-0.39, 0.29) is 12.0 Å². The zero-order chi connectivity index (χ0) is 13.5. The van der Waals surface area contributed by atoms with E-state index in [1.807, 2.05) is 0 Å². The fourth-order valence-corrected chi connectivity index (χ4v) is 4.76. The maximum absolute atomic E-state index is 12.5. The number of aliphatic hydroxyl groups is 1. The van der Waals surface area contributed by atoms with Crippen LogP contribution in [-0.4, -0.2) is 34.6 Å². The Bertz CT molecular complexity index is 349. The fourth-order valence-electron chi connectivity index (χ4n) is 4.76. The topological polar surface area (TPSA) is 40.5 Å². The number of amides is 1. The SMILES string of the molecule is CC1CCCN(C2CC(O)CCC23CCCC3)C1=O. The summed E-state index contributed by atoms with van der Waals surface area (Å²) in [6, 6.07) is 0.314. The summed E-state index contributed by atoms with van der Waals surface area (Å²) in [5.41, 5.74) is 0.339. The lowest BCUT2D eigenvalue weighted by molar-refractivity contribution is -0.147. The van der Waals surface area contributed by atoms with E-state index in [1.165, 1.54) is 25.7 Å². The van der Waals surface area contributed by atoms with Gasteiger partial charge in [0.15, 0.2) is 0 Å². The first-order valence-electron chi connectivity index (χ1n) is 8.11. The van der Waals surface area contributed by atoms with E-state index in [0.29, 0.717) is 17.4 Å². The second kappa shape index (κ2) is 5.08. The molecule has 1 aliphatic heterocycles. The summed E-state index contributed by atoms with van der Waals surface area (Å²) in [6.45, 7) is 2.98. The monoisotopic (exact) mass is 265 g/mol. The third kappa shape index (κ3) is 2.31. The highest BCUT2D eigenvalue weighted by Crippen LogP contribution is 2.51. The number of carbonyl (C=O) groups excluding carboxylic acids is 1. The number of rotatable bonds is 1. The van der Waals surface area contributed by atoms with Gasteiger partial charge in [-0.1, -0.05) is 19.8 Å². The van der Waals surface area contributed by atoms with E-state index in [9.17, 15) is 9.90 Å². The van der Waals surface area contributed by atoms with Crippen molar-refractivity contribution in [2.24, 2.45) is 11.3 Å². The van der Waals surface area contributed by atoms with Crippen molar-refractivity contribution in [2.75, 3.05) is 6.54 Å². The second-order valence-electron chi connectivity index (χ2n) is 7.09. The van der Waals surface area contributed by atoms with Crippen molar-refractivity contribution in [3.63, 3.8) is 0 Å². The Hall–Kier alpha value is -0.570. The average molecular weight is 265 g/mol. The molecular formula is C16H27NO2. The van der Waals surface area contributed by atoms with Crippen LogP contribution in [0.2, 0.25) is 0 Å². The van der Waals surface area contributed by atoms with Gasteiger partial charge < -0.3 is 10.0 Å². The predicted octanol–water partition coefficient (Wildman–Crippen LogP) is 2.72. The van der Waals surface area contributed by atoms with Crippen LogP contribution < -0.4 is 0 Å². The number of hydrogen-bond acceptors (Lipinski definition) is 2. The summed E-state index contributed by atoms with van der Waals surface area (Å²) in [5.74, 6) is 0.530. The number of aliphatic hydroxyl groups excluding tert-OH is 1. The molecule has 1 amide bonds. The van der Waals surface area contributed by atoms with Crippen molar-refractivity contribution in [3.8, 4) is 0 Å². The molecule has 0 aromatic rings. The summed E-state index contributed by atoms with van der Waals surface area (Å²) >= 11 is 0. The summed E-state index contributed by atoms with van der Waals surface area (Å²) in [5, 5.41) is 10.1. The molecule has 0 bridgehead atoms. The zero-order valence-corrected chi connectivity index (χ0v) is 12.1. The molecule has 3 aliphatic rings. The number of piperidine rings is 1. The molecule has 2 saturated carbocycles. The molecule has 0 aromatic carbocycles. The van der Waals surface area contributed by atoms with Crippen LogP contribution in [0.25, 0.3) is 0 Å². The van der Waals surface area contributed by atoms with Crippen molar-refractivity contribution in [2.45, 2.75) is 76.9 Å². The van der Waals surface area contributed by atoms with Crippen LogP contribution in [0.5, 0.6) is 0 Å². The average Bonchev–Trinajstić information content (AvgIpc) is 2.86. The lowest BCUT2D eigenvalue weighted by Gasteiger charge is -2.50. The minimum Gasteiger partial charge on any atom is -0.393 e. The highest BCUT2D eigenvalue weighted by atomic mass is 16.3. The Morgan fingerprint density at radius 2 is 1.89 bits per heavy atom. The standard InChI is InChI=1S/C16H27NO2/c1-12-5-4-10-17(15(12)19)14-11-13(18)6-9-16(14)7-2-3-8-16/h12-14,18H,2-11H2,1H3. The van der Waals surface area contributed by atoms with E-state index in [2.05, 4.69) is 11.8 Å². The lowest BCUT2D eigenvalue weighted by atomic mass is 9.67. The van der Waals surface area contributed by atoms with Crippen LogP contribution in [0.15, 0.2) is 0 Å². The van der Waals surface area contributed by atoms with Gasteiger partial charge >= 0.3 is 0 Å². The second-order valence-corrected chi connectivity index (χ2v) is 7.09. The summed E-state index contributed by atoms with van der Waals surface area (Å²) in [6.07, 6.45) is 10.0. The first-order valence-corrected chi connectivity index (χ1v) is 8.11. The molecule has 2 aliphatic carbocycles. The van der Waals surface area contributed by atoms with Gasteiger partial charge in [0.05, 0.1) is 6.10 Å². The molecule has 3 unspecified atom stereocenters. The molecule has 1 spiro atoms. The molecule has 108 valence electrons. The van der Waals surface area contributed by atoms with Crippen LogP contribution in [0.1, 0.15) is 64.7 Å². The van der Waals surface area contributed by atoms with Crippen molar-refractivity contribution < 1.29 is 9.90 Å². The molecule has 3 fully saturated rings. The third-order valence-corrected chi connectivity index (χ3v) is 5.89. The molecule has 3 nitrogen and oxygen atoms in total. The number of likely N-dealkylation sites (tertiary alicyclic amines) is 1. The van der Waals surface area contributed by atoms with Gasteiger partial charge in [0.2, 0.25) is 5.91 Å².